The molecule has 0 bridgehead atoms. The van der Waals surface area contributed by atoms with E-state index in [2.05, 4.69) is 20.5 Å². The van der Waals surface area contributed by atoms with Gasteiger partial charge in [-0.2, -0.15) is 5.10 Å². The highest BCUT2D eigenvalue weighted by molar-refractivity contribution is 8.14. The first-order valence-corrected chi connectivity index (χ1v) is 5.78. The van der Waals surface area contributed by atoms with Gasteiger partial charge in [0, 0.05) is 11.1 Å². The van der Waals surface area contributed by atoms with Crippen LogP contribution >= 0.6 is 11.8 Å². The van der Waals surface area contributed by atoms with Gasteiger partial charge < -0.3 is 5.32 Å². The fourth-order valence-electron chi connectivity index (χ4n) is 1.60. The maximum Gasteiger partial charge on any atom is 0.161 e. The molecule has 15 heavy (non-hydrogen) atoms. The summed E-state index contributed by atoms with van der Waals surface area (Å²) < 4.78 is 0. The largest absolute Gasteiger partial charge is 0.333 e. The van der Waals surface area contributed by atoms with Crippen molar-refractivity contribution in [3.8, 4) is 0 Å². The number of nitrogens with one attached hydrogen (secondary N) is 2. The van der Waals surface area contributed by atoms with Gasteiger partial charge in [-0.3, -0.25) is 10.1 Å². The van der Waals surface area contributed by atoms with Gasteiger partial charge in [0.1, 0.15) is 0 Å². The molecule has 76 valence electrons. The Morgan fingerprint density at radius 1 is 1.40 bits per heavy atom. The van der Waals surface area contributed by atoms with Crippen LogP contribution in [0.25, 0.3) is 10.9 Å². The fourth-order valence-corrected chi connectivity index (χ4v) is 2.34. The van der Waals surface area contributed by atoms with Crippen molar-refractivity contribution < 1.29 is 0 Å². The molecule has 1 aliphatic rings. The lowest BCUT2D eigenvalue weighted by molar-refractivity contribution is 1.12. The number of amidine groups is 1. The highest BCUT2D eigenvalue weighted by atomic mass is 32.2. The van der Waals surface area contributed by atoms with Crippen LogP contribution < -0.4 is 5.32 Å². The molecule has 3 rings (SSSR count). The number of nitrogens with zero attached hydrogens (tertiary/aromatic N) is 2. The predicted octanol–water partition coefficient (Wildman–Crippen LogP) is 2.08. The Balaban J connectivity index is 1.99. The Morgan fingerprint density at radius 3 is 3.27 bits per heavy atom. The maximum absolute atomic E-state index is 4.36. The molecule has 0 radical (unpaired) electrons. The summed E-state index contributed by atoms with van der Waals surface area (Å²) in [7, 11) is 0. The molecule has 1 aromatic heterocycles. The van der Waals surface area contributed by atoms with E-state index >= 15 is 0 Å². The molecule has 0 unspecified atom stereocenters. The lowest BCUT2D eigenvalue weighted by atomic mass is 10.2. The maximum atomic E-state index is 4.36. The van der Waals surface area contributed by atoms with Gasteiger partial charge in [0.2, 0.25) is 0 Å². The summed E-state index contributed by atoms with van der Waals surface area (Å²) in [6.07, 6.45) is 1.82. The topological polar surface area (TPSA) is 53.1 Å². The number of aliphatic imine (C=N–C) groups is 1. The number of aromatic nitrogens is 2. The quantitative estimate of drug-likeness (QED) is 0.770. The molecule has 2 heterocycles. The SMILES string of the molecule is c1cc(NC2=NCCS2)c2[nH]ncc2c1. The molecule has 1 aromatic carbocycles. The van der Waals surface area contributed by atoms with Crippen LogP contribution in [-0.4, -0.2) is 27.7 Å². The number of rotatable bonds is 1. The number of benzene rings is 1. The van der Waals surface area contributed by atoms with Gasteiger partial charge in [0.15, 0.2) is 5.17 Å². The van der Waals surface area contributed by atoms with Gasteiger partial charge in [-0.25, -0.2) is 0 Å². The first-order valence-electron chi connectivity index (χ1n) is 4.80. The van der Waals surface area contributed by atoms with E-state index in [1.165, 1.54) is 0 Å². The van der Waals surface area contributed by atoms with Crippen molar-refractivity contribution in [3.63, 3.8) is 0 Å². The van der Waals surface area contributed by atoms with Crippen molar-refractivity contribution in [2.75, 3.05) is 17.6 Å². The van der Waals surface area contributed by atoms with Crippen molar-refractivity contribution in [3.05, 3.63) is 24.4 Å². The molecule has 0 aliphatic carbocycles. The van der Waals surface area contributed by atoms with Crippen LogP contribution in [0.4, 0.5) is 5.69 Å². The van der Waals surface area contributed by atoms with Gasteiger partial charge in [0.05, 0.1) is 23.9 Å². The minimum absolute atomic E-state index is 0.909. The van der Waals surface area contributed by atoms with Gasteiger partial charge in [0.25, 0.3) is 0 Å². The summed E-state index contributed by atoms with van der Waals surface area (Å²) in [6.45, 7) is 0.909. The number of aromatic amines is 1. The summed E-state index contributed by atoms with van der Waals surface area (Å²) in [5.74, 6) is 1.07. The summed E-state index contributed by atoms with van der Waals surface area (Å²) in [6, 6.07) is 6.08. The van der Waals surface area contributed by atoms with Crippen molar-refractivity contribution in [2.24, 2.45) is 4.99 Å². The van der Waals surface area contributed by atoms with Gasteiger partial charge >= 0.3 is 0 Å². The molecule has 0 spiro atoms. The zero-order chi connectivity index (χ0) is 10.1. The van der Waals surface area contributed by atoms with Gasteiger partial charge in [-0.15, -0.1) is 0 Å². The highest BCUT2D eigenvalue weighted by Gasteiger charge is 2.09. The van der Waals surface area contributed by atoms with Crippen LogP contribution in [0, 0.1) is 0 Å². The van der Waals surface area contributed by atoms with Crippen LogP contribution in [-0.2, 0) is 0 Å². The molecule has 0 fully saturated rings. The summed E-state index contributed by atoms with van der Waals surface area (Å²) >= 11 is 1.75. The first kappa shape index (κ1) is 8.79. The Labute approximate surface area is 91.2 Å². The van der Waals surface area contributed by atoms with Crippen LogP contribution in [0.3, 0.4) is 0 Å². The number of para-hydroxylation sites is 1. The van der Waals surface area contributed by atoms with Gasteiger partial charge in [-0.05, 0) is 6.07 Å². The zero-order valence-corrected chi connectivity index (χ0v) is 8.84. The molecule has 0 saturated carbocycles. The van der Waals surface area contributed by atoms with Crippen molar-refractivity contribution >= 4 is 33.5 Å². The minimum atomic E-state index is 0.909. The van der Waals surface area contributed by atoms with E-state index < -0.39 is 0 Å². The lowest BCUT2D eigenvalue weighted by Gasteiger charge is -2.05. The number of hydrogen-bond acceptors (Lipinski definition) is 4. The van der Waals surface area contributed by atoms with Gasteiger partial charge in [-0.1, -0.05) is 23.9 Å². The van der Waals surface area contributed by atoms with E-state index in [0.29, 0.717) is 0 Å². The molecule has 1 aliphatic heterocycles. The predicted molar refractivity (Wildman–Crippen MR) is 64.5 cm³/mol. The number of H-pyrrole nitrogens is 1. The zero-order valence-electron chi connectivity index (χ0n) is 8.03. The molecule has 0 saturated heterocycles. The molecule has 4 nitrogen and oxygen atoms in total. The molecular formula is C10H10N4S. The Kier molecular flexibility index (Phi) is 2.10. The molecule has 2 N–H and O–H groups in total. The van der Waals surface area contributed by atoms with E-state index in [1.54, 1.807) is 11.8 Å². The van der Waals surface area contributed by atoms with E-state index in [4.69, 9.17) is 0 Å². The fraction of sp³-hybridized carbons (Fsp3) is 0.200. The van der Waals surface area contributed by atoms with Crippen LogP contribution in [0.5, 0.6) is 0 Å². The smallest absolute Gasteiger partial charge is 0.161 e. The molecule has 2 aromatic rings. The second-order valence-electron chi connectivity index (χ2n) is 3.30. The standard InChI is InChI=1S/C10H10N4S/c1-2-7-6-12-14-9(7)8(3-1)13-10-11-4-5-15-10/h1-3,6H,4-5H2,(H,11,13)(H,12,14). The Morgan fingerprint density at radius 2 is 2.40 bits per heavy atom. The molecular weight excluding hydrogens is 208 g/mol. The van der Waals surface area contributed by atoms with Crippen LogP contribution in [0.1, 0.15) is 0 Å². The minimum Gasteiger partial charge on any atom is -0.333 e. The molecule has 0 atom stereocenters. The molecule has 0 amide bonds. The average Bonchev–Trinajstić information content (AvgIpc) is 2.87. The third-order valence-electron chi connectivity index (χ3n) is 2.30. The number of fused-ring (bicyclic) bond motifs is 1. The number of hydrogen-bond donors (Lipinski definition) is 2. The van der Waals surface area contributed by atoms with Crippen LogP contribution in [0.15, 0.2) is 29.4 Å². The van der Waals surface area contributed by atoms with Crippen molar-refractivity contribution in [1.82, 2.24) is 10.2 Å². The third kappa shape index (κ3) is 1.59. The summed E-state index contributed by atoms with van der Waals surface area (Å²) in [5.41, 5.74) is 2.07. The Bertz CT molecular complexity index is 517. The Hall–Kier alpha value is -1.49. The summed E-state index contributed by atoms with van der Waals surface area (Å²) in [4.78, 5) is 4.36. The average molecular weight is 218 g/mol. The highest BCUT2D eigenvalue weighted by Crippen LogP contribution is 2.23. The van der Waals surface area contributed by atoms with Crippen molar-refractivity contribution in [1.29, 1.82) is 0 Å². The normalized spacial score (nSPS) is 15.6. The monoisotopic (exact) mass is 218 g/mol. The first-order chi connectivity index (χ1) is 7.43. The van der Waals surface area contributed by atoms with Crippen molar-refractivity contribution in [2.45, 2.75) is 0 Å². The van der Waals surface area contributed by atoms with E-state index in [9.17, 15) is 0 Å². The summed E-state index contributed by atoms with van der Waals surface area (Å²) in [5, 5.41) is 12.4. The van der Waals surface area contributed by atoms with E-state index in [1.807, 2.05) is 24.4 Å². The lowest BCUT2D eigenvalue weighted by Crippen LogP contribution is -2.05. The van der Waals surface area contributed by atoms with Crippen LogP contribution in [0.2, 0.25) is 0 Å². The second-order valence-corrected chi connectivity index (χ2v) is 4.38. The van der Waals surface area contributed by atoms with E-state index in [-0.39, 0.29) is 0 Å². The molecule has 5 heteroatoms. The number of thioether (sulfide) groups is 1. The third-order valence-corrected chi connectivity index (χ3v) is 3.20. The second kappa shape index (κ2) is 3.58. The van der Waals surface area contributed by atoms with E-state index in [0.717, 1.165) is 34.1 Å². The number of anilines is 1.